The van der Waals surface area contributed by atoms with Crippen LogP contribution in [-0.4, -0.2) is 48.5 Å². The lowest BCUT2D eigenvalue weighted by Crippen LogP contribution is -2.36. The quantitative estimate of drug-likeness (QED) is 0.602. The van der Waals surface area contributed by atoms with E-state index in [1.54, 1.807) is 30.0 Å². The van der Waals surface area contributed by atoms with Crippen molar-refractivity contribution in [1.29, 1.82) is 0 Å². The number of benzene rings is 2. The van der Waals surface area contributed by atoms with Crippen LogP contribution in [0.15, 0.2) is 51.9 Å². The maximum Gasteiger partial charge on any atom is 0.316 e. The molecule has 2 aliphatic heterocycles. The first-order chi connectivity index (χ1) is 15.4. The molecule has 5 rings (SSSR count). The number of carbonyl (C=O) groups excluding carboxylic acids is 1. The van der Waals surface area contributed by atoms with E-state index in [-0.39, 0.29) is 28.6 Å². The molecular weight excluding hydrogens is 428 g/mol. The molecule has 0 saturated carbocycles. The number of rotatable bonds is 4. The monoisotopic (exact) mass is 452 g/mol. The lowest BCUT2D eigenvalue weighted by Gasteiger charge is -2.25. The molecule has 1 aromatic heterocycles. The number of carbonyl (C=O) groups is 1. The number of aromatic nitrogens is 2. The van der Waals surface area contributed by atoms with Crippen LogP contribution < -0.4 is 4.31 Å². The molecule has 0 radical (unpaired) electrons. The predicted octanol–water partition coefficient (Wildman–Crippen LogP) is 3.42. The highest BCUT2D eigenvalue weighted by Crippen LogP contribution is 2.38. The molecule has 2 aliphatic rings. The second-order valence-electron chi connectivity index (χ2n) is 8.39. The maximum atomic E-state index is 13.7. The smallest absolute Gasteiger partial charge is 0.316 e. The van der Waals surface area contributed by atoms with Gasteiger partial charge in [0.1, 0.15) is 0 Å². The summed E-state index contributed by atoms with van der Waals surface area (Å²) in [6.45, 7) is 5.03. The lowest BCUT2D eigenvalue weighted by molar-refractivity contribution is 0.0743. The van der Waals surface area contributed by atoms with Gasteiger partial charge in [-0.05, 0) is 56.4 Å². The van der Waals surface area contributed by atoms with Gasteiger partial charge in [0.15, 0.2) is 0 Å². The predicted molar refractivity (Wildman–Crippen MR) is 119 cm³/mol. The highest BCUT2D eigenvalue weighted by Gasteiger charge is 2.37. The number of aryl methyl sites for hydroxylation is 1. The Morgan fingerprint density at radius 1 is 1.12 bits per heavy atom. The van der Waals surface area contributed by atoms with E-state index in [1.165, 1.54) is 4.31 Å². The Labute approximate surface area is 186 Å². The first kappa shape index (κ1) is 20.7. The van der Waals surface area contributed by atoms with Crippen molar-refractivity contribution in [2.24, 2.45) is 0 Å². The molecule has 3 heterocycles. The zero-order valence-corrected chi connectivity index (χ0v) is 18.8. The van der Waals surface area contributed by atoms with Gasteiger partial charge in [-0.3, -0.25) is 9.10 Å². The van der Waals surface area contributed by atoms with Gasteiger partial charge in [0.2, 0.25) is 5.82 Å². The number of hydrogen-bond acceptors (Lipinski definition) is 6. The van der Waals surface area contributed by atoms with Crippen LogP contribution in [0.4, 0.5) is 5.69 Å². The van der Waals surface area contributed by atoms with Crippen molar-refractivity contribution in [3.05, 3.63) is 59.5 Å². The van der Waals surface area contributed by atoms with Crippen LogP contribution in [0, 0.1) is 6.92 Å². The topological polar surface area (TPSA) is 96.6 Å². The molecule has 1 amide bonds. The van der Waals surface area contributed by atoms with Crippen LogP contribution in [0.5, 0.6) is 0 Å². The Hall–Kier alpha value is -3.20. The SMILES string of the molecule is Cc1ccc(-c2noc(C(=O)N3CCCC3)n2)cc1S(=O)(=O)N1c2ccccc2CC1C. The van der Waals surface area contributed by atoms with Gasteiger partial charge < -0.3 is 9.42 Å². The summed E-state index contributed by atoms with van der Waals surface area (Å²) in [5, 5.41) is 3.94. The van der Waals surface area contributed by atoms with E-state index in [0.717, 1.165) is 18.4 Å². The van der Waals surface area contributed by atoms with E-state index >= 15 is 0 Å². The highest BCUT2D eigenvalue weighted by atomic mass is 32.2. The zero-order chi connectivity index (χ0) is 22.5. The molecule has 1 atom stereocenters. The van der Waals surface area contributed by atoms with Gasteiger partial charge in [-0.25, -0.2) is 8.42 Å². The van der Waals surface area contributed by atoms with Gasteiger partial charge in [-0.1, -0.05) is 35.5 Å². The molecule has 0 bridgehead atoms. The number of fused-ring (bicyclic) bond motifs is 1. The fourth-order valence-electron chi connectivity index (χ4n) is 4.51. The van der Waals surface area contributed by atoms with Gasteiger partial charge in [-0.2, -0.15) is 4.98 Å². The van der Waals surface area contributed by atoms with Crippen LogP contribution in [0.3, 0.4) is 0 Å². The van der Waals surface area contributed by atoms with Crippen LogP contribution in [0.2, 0.25) is 0 Å². The molecule has 166 valence electrons. The molecular formula is C23H24N4O4S. The Morgan fingerprint density at radius 3 is 2.66 bits per heavy atom. The molecule has 32 heavy (non-hydrogen) atoms. The zero-order valence-electron chi connectivity index (χ0n) is 18.0. The average Bonchev–Trinajstić information content (AvgIpc) is 3.52. The summed E-state index contributed by atoms with van der Waals surface area (Å²) >= 11 is 0. The summed E-state index contributed by atoms with van der Waals surface area (Å²) in [6, 6.07) is 12.4. The first-order valence-corrected chi connectivity index (χ1v) is 12.2. The normalized spacial score (nSPS) is 18.2. The van der Waals surface area contributed by atoms with E-state index in [2.05, 4.69) is 10.1 Å². The minimum atomic E-state index is -3.81. The minimum Gasteiger partial charge on any atom is -0.334 e. The number of sulfonamides is 1. The second kappa shape index (κ2) is 7.74. The molecule has 1 saturated heterocycles. The van der Waals surface area contributed by atoms with Crippen molar-refractivity contribution in [2.45, 2.75) is 44.0 Å². The van der Waals surface area contributed by atoms with Crippen molar-refractivity contribution >= 4 is 21.6 Å². The fraction of sp³-hybridized carbons (Fsp3) is 0.348. The Kier molecular flexibility index (Phi) is 5.00. The number of nitrogens with zero attached hydrogens (tertiary/aromatic N) is 4. The molecule has 1 fully saturated rings. The molecule has 0 spiro atoms. The Balaban J connectivity index is 1.50. The summed E-state index contributed by atoms with van der Waals surface area (Å²) in [5.74, 6) is -0.170. The van der Waals surface area contributed by atoms with E-state index in [9.17, 15) is 13.2 Å². The van der Waals surface area contributed by atoms with E-state index < -0.39 is 10.0 Å². The molecule has 0 aliphatic carbocycles. The fourth-order valence-corrected chi connectivity index (χ4v) is 6.46. The van der Waals surface area contributed by atoms with E-state index in [0.29, 0.717) is 36.3 Å². The number of para-hydroxylation sites is 1. The van der Waals surface area contributed by atoms with Crippen LogP contribution >= 0.6 is 0 Å². The third-order valence-corrected chi connectivity index (χ3v) is 8.20. The molecule has 8 nitrogen and oxygen atoms in total. The van der Waals surface area contributed by atoms with Crippen molar-refractivity contribution in [1.82, 2.24) is 15.0 Å². The van der Waals surface area contributed by atoms with E-state index in [4.69, 9.17) is 4.52 Å². The molecule has 2 aromatic carbocycles. The van der Waals surface area contributed by atoms with Gasteiger partial charge >= 0.3 is 11.8 Å². The maximum absolute atomic E-state index is 13.7. The average molecular weight is 453 g/mol. The van der Waals surface area contributed by atoms with Gasteiger partial charge in [0.05, 0.1) is 10.6 Å². The largest absolute Gasteiger partial charge is 0.334 e. The molecule has 9 heteroatoms. The summed E-state index contributed by atoms with van der Waals surface area (Å²) in [7, 11) is -3.81. The minimum absolute atomic E-state index is 0.0750. The summed E-state index contributed by atoms with van der Waals surface area (Å²) < 4.78 is 34.1. The molecule has 0 N–H and O–H groups in total. The van der Waals surface area contributed by atoms with Gasteiger partial charge in [0, 0.05) is 24.7 Å². The van der Waals surface area contributed by atoms with Crippen LogP contribution in [0.25, 0.3) is 11.4 Å². The van der Waals surface area contributed by atoms with Crippen LogP contribution in [0.1, 0.15) is 41.6 Å². The number of anilines is 1. The first-order valence-electron chi connectivity index (χ1n) is 10.7. The van der Waals surface area contributed by atoms with Gasteiger partial charge in [0.25, 0.3) is 10.0 Å². The summed E-state index contributed by atoms with van der Waals surface area (Å²) in [4.78, 5) is 18.7. The van der Waals surface area contributed by atoms with Crippen molar-refractivity contribution in [3.63, 3.8) is 0 Å². The number of amides is 1. The molecule has 1 unspecified atom stereocenters. The van der Waals surface area contributed by atoms with Crippen molar-refractivity contribution < 1.29 is 17.7 Å². The second-order valence-corrected chi connectivity index (χ2v) is 10.2. The van der Waals surface area contributed by atoms with Crippen molar-refractivity contribution in [2.75, 3.05) is 17.4 Å². The number of hydrogen-bond donors (Lipinski definition) is 0. The summed E-state index contributed by atoms with van der Waals surface area (Å²) in [6.07, 6.45) is 2.59. The van der Waals surface area contributed by atoms with E-state index in [1.807, 2.05) is 31.2 Å². The standard InChI is InChI=1S/C23H24N4O4S/c1-15-9-10-18(21-24-22(31-25-21)23(28)26-11-5-6-12-26)14-20(15)32(29,30)27-16(2)13-17-7-3-4-8-19(17)27/h3-4,7-10,14,16H,5-6,11-13H2,1-2H3. The number of likely N-dealkylation sites (tertiary alicyclic amines) is 1. The lowest BCUT2D eigenvalue weighted by atomic mass is 10.1. The third kappa shape index (κ3) is 3.37. The molecule has 3 aromatic rings. The van der Waals surface area contributed by atoms with Crippen molar-refractivity contribution in [3.8, 4) is 11.4 Å². The van der Waals surface area contributed by atoms with Gasteiger partial charge in [-0.15, -0.1) is 0 Å². The van der Waals surface area contributed by atoms with Crippen LogP contribution in [-0.2, 0) is 16.4 Å². The Morgan fingerprint density at radius 2 is 1.88 bits per heavy atom. The summed E-state index contributed by atoms with van der Waals surface area (Å²) in [5.41, 5.74) is 2.84. The highest BCUT2D eigenvalue weighted by molar-refractivity contribution is 7.93. The Bertz CT molecular complexity index is 1290. The third-order valence-electron chi connectivity index (χ3n) is 6.13.